The van der Waals surface area contributed by atoms with Gasteiger partial charge in [-0.15, -0.1) is 11.3 Å². The molecule has 3 rings (SSSR count). The van der Waals surface area contributed by atoms with Crippen LogP contribution in [0.25, 0.3) is 21.3 Å². The molecular formula is C19H20N2OS. The van der Waals surface area contributed by atoms with Crippen molar-refractivity contribution in [3.63, 3.8) is 0 Å². The van der Waals surface area contributed by atoms with E-state index in [4.69, 9.17) is 4.98 Å². The second kappa shape index (κ2) is 6.92. The molecule has 1 N–H and O–H groups in total. The third-order valence-corrected chi connectivity index (χ3v) is 4.72. The summed E-state index contributed by atoms with van der Waals surface area (Å²) >= 11 is 1.69. The van der Waals surface area contributed by atoms with E-state index in [9.17, 15) is 4.79 Å². The first-order valence-corrected chi connectivity index (χ1v) is 8.81. The van der Waals surface area contributed by atoms with Gasteiger partial charge in [-0.25, -0.2) is 0 Å². The molecule has 2 heterocycles. The van der Waals surface area contributed by atoms with E-state index >= 15 is 0 Å². The summed E-state index contributed by atoms with van der Waals surface area (Å²) < 4.78 is 0. The zero-order valence-corrected chi connectivity index (χ0v) is 14.2. The van der Waals surface area contributed by atoms with Crippen molar-refractivity contribution in [1.82, 2.24) is 10.3 Å². The Bertz CT molecular complexity index is 825. The fourth-order valence-electron chi connectivity index (χ4n) is 2.67. The van der Waals surface area contributed by atoms with Crippen molar-refractivity contribution in [2.75, 3.05) is 6.54 Å². The van der Waals surface area contributed by atoms with Crippen LogP contribution in [0.3, 0.4) is 0 Å². The van der Waals surface area contributed by atoms with Gasteiger partial charge in [0.25, 0.3) is 5.91 Å². The Morgan fingerprint density at radius 1 is 1.26 bits per heavy atom. The predicted molar refractivity (Wildman–Crippen MR) is 97.0 cm³/mol. The van der Waals surface area contributed by atoms with E-state index in [2.05, 4.69) is 29.8 Å². The molecule has 3 aromatic rings. The fraction of sp³-hybridized carbons (Fsp3) is 0.263. The molecule has 0 bridgehead atoms. The van der Waals surface area contributed by atoms with Gasteiger partial charge in [0.1, 0.15) is 0 Å². The summed E-state index contributed by atoms with van der Waals surface area (Å²) in [7, 11) is 0. The number of hydrogen-bond donors (Lipinski definition) is 1. The number of amides is 1. The quantitative estimate of drug-likeness (QED) is 0.685. The Balaban J connectivity index is 2.09. The summed E-state index contributed by atoms with van der Waals surface area (Å²) in [4.78, 5) is 18.4. The molecule has 0 atom stereocenters. The van der Waals surface area contributed by atoms with Gasteiger partial charge >= 0.3 is 0 Å². The molecule has 0 saturated carbocycles. The number of aromatic nitrogens is 1. The van der Waals surface area contributed by atoms with Crippen molar-refractivity contribution in [2.24, 2.45) is 0 Å². The number of unbranched alkanes of at least 4 members (excludes halogenated alkanes) is 1. The van der Waals surface area contributed by atoms with E-state index in [-0.39, 0.29) is 5.91 Å². The highest BCUT2D eigenvalue weighted by Gasteiger charge is 2.14. The maximum absolute atomic E-state index is 12.5. The minimum absolute atomic E-state index is 0.0164. The molecule has 3 nitrogen and oxygen atoms in total. The van der Waals surface area contributed by atoms with Crippen molar-refractivity contribution in [1.29, 1.82) is 0 Å². The monoisotopic (exact) mass is 324 g/mol. The number of carbonyl (C=O) groups is 1. The zero-order valence-electron chi connectivity index (χ0n) is 13.4. The molecule has 1 amide bonds. The molecule has 0 aliphatic heterocycles. The first-order chi connectivity index (χ1) is 11.2. The predicted octanol–water partition coefficient (Wildman–Crippen LogP) is 4.80. The Morgan fingerprint density at radius 2 is 2.13 bits per heavy atom. The number of hydrogen-bond acceptors (Lipinski definition) is 3. The number of rotatable bonds is 5. The average Bonchev–Trinajstić information content (AvgIpc) is 3.08. The van der Waals surface area contributed by atoms with Crippen LogP contribution in [0.15, 0.2) is 41.8 Å². The summed E-state index contributed by atoms with van der Waals surface area (Å²) in [5.74, 6) is -0.0164. The van der Waals surface area contributed by atoms with Gasteiger partial charge in [-0.2, -0.15) is 0 Å². The van der Waals surface area contributed by atoms with Gasteiger partial charge in [-0.1, -0.05) is 37.6 Å². The first-order valence-electron chi connectivity index (χ1n) is 7.93. The molecule has 0 spiro atoms. The molecule has 0 saturated heterocycles. The Labute approximate surface area is 140 Å². The van der Waals surface area contributed by atoms with Crippen LogP contribution in [-0.2, 0) is 0 Å². The number of para-hydroxylation sites is 1. The highest BCUT2D eigenvalue weighted by atomic mass is 32.1. The largest absolute Gasteiger partial charge is 0.352 e. The van der Waals surface area contributed by atoms with E-state index in [1.54, 1.807) is 11.3 Å². The topological polar surface area (TPSA) is 42.0 Å². The lowest BCUT2D eigenvalue weighted by Crippen LogP contribution is -2.24. The van der Waals surface area contributed by atoms with Gasteiger partial charge in [0, 0.05) is 28.1 Å². The van der Waals surface area contributed by atoms with Crippen LogP contribution in [0.5, 0.6) is 0 Å². The van der Waals surface area contributed by atoms with Crippen LogP contribution in [0.2, 0.25) is 0 Å². The summed E-state index contributed by atoms with van der Waals surface area (Å²) in [6, 6.07) is 12.0. The Hall–Kier alpha value is -2.20. The highest BCUT2D eigenvalue weighted by molar-refractivity contribution is 7.13. The lowest BCUT2D eigenvalue weighted by molar-refractivity contribution is 0.0954. The third kappa shape index (κ3) is 3.27. The Kier molecular flexibility index (Phi) is 4.72. The Morgan fingerprint density at radius 3 is 2.87 bits per heavy atom. The average molecular weight is 324 g/mol. The second-order valence-corrected chi connectivity index (χ2v) is 6.55. The number of aryl methyl sites for hydroxylation is 1. The molecule has 0 aliphatic rings. The standard InChI is InChI=1S/C19H20N2OS/c1-3-4-10-20-19(22)16-12-13(2)21-18-14(16)7-5-8-15(18)17-9-6-11-23-17/h5-9,11-12H,3-4,10H2,1-2H3,(H,20,22). The van der Waals surface area contributed by atoms with E-state index in [1.807, 2.05) is 31.2 Å². The van der Waals surface area contributed by atoms with Crippen LogP contribution in [0, 0.1) is 6.92 Å². The van der Waals surface area contributed by atoms with Gasteiger partial charge in [-0.3, -0.25) is 9.78 Å². The molecule has 0 unspecified atom stereocenters. The number of pyridine rings is 1. The summed E-state index contributed by atoms with van der Waals surface area (Å²) in [5, 5.41) is 5.98. The van der Waals surface area contributed by atoms with Crippen LogP contribution in [0.1, 0.15) is 35.8 Å². The van der Waals surface area contributed by atoms with Crippen LogP contribution in [0.4, 0.5) is 0 Å². The van der Waals surface area contributed by atoms with Gasteiger partial charge < -0.3 is 5.32 Å². The van der Waals surface area contributed by atoms with Gasteiger partial charge in [0.05, 0.1) is 11.1 Å². The summed E-state index contributed by atoms with van der Waals surface area (Å²) in [6.07, 6.45) is 2.06. The number of nitrogens with one attached hydrogen (secondary N) is 1. The number of carbonyl (C=O) groups excluding carboxylic acids is 1. The van der Waals surface area contributed by atoms with Crippen LogP contribution < -0.4 is 5.32 Å². The summed E-state index contributed by atoms with van der Waals surface area (Å²) in [5.41, 5.74) is 3.56. The van der Waals surface area contributed by atoms with Crippen molar-refractivity contribution in [2.45, 2.75) is 26.7 Å². The van der Waals surface area contributed by atoms with Gasteiger partial charge in [0.2, 0.25) is 0 Å². The number of thiophene rings is 1. The SMILES string of the molecule is CCCCNC(=O)c1cc(C)nc2c(-c3cccs3)cccc12. The molecule has 0 radical (unpaired) electrons. The van der Waals surface area contributed by atoms with E-state index in [1.165, 1.54) is 4.88 Å². The lowest BCUT2D eigenvalue weighted by Gasteiger charge is -2.11. The maximum atomic E-state index is 12.5. The van der Waals surface area contributed by atoms with Gasteiger partial charge in [0.15, 0.2) is 0 Å². The van der Waals surface area contributed by atoms with E-state index < -0.39 is 0 Å². The smallest absolute Gasteiger partial charge is 0.252 e. The molecule has 118 valence electrons. The molecule has 2 aromatic heterocycles. The van der Waals surface area contributed by atoms with Gasteiger partial charge in [-0.05, 0) is 30.9 Å². The number of fused-ring (bicyclic) bond motifs is 1. The molecule has 0 fully saturated rings. The van der Waals surface area contributed by atoms with Crippen LogP contribution >= 0.6 is 11.3 Å². The molecular weight excluding hydrogens is 304 g/mol. The minimum atomic E-state index is -0.0164. The van der Waals surface area contributed by atoms with Crippen LogP contribution in [-0.4, -0.2) is 17.4 Å². The minimum Gasteiger partial charge on any atom is -0.352 e. The van der Waals surface area contributed by atoms with Crippen molar-refractivity contribution >= 4 is 28.1 Å². The second-order valence-electron chi connectivity index (χ2n) is 5.60. The molecule has 23 heavy (non-hydrogen) atoms. The van der Waals surface area contributed by atoms with E-state index in [0.717, 1.165) is 35.0 Å². The fourth-order valence-corrected chi connectivity index (χ4v) is 3.42. The summed E-state index contributed by atoms with van der Waals surface area (Å²) in [6.45, 7) is 4.77. The molecule has 0 aliphatic carbocycles. The number of nitrogens with zero attached hydrogens (tertiary/aromatic N) is 1. The highest BCUT2D eigenvalue weighted by Crippen LogP contribution is 2.32. The molecule has 4 heteroatoms. The van der Waals surface area contributed by atoms with E-state index in [0.29, 0.717) is 12.1 Å². The zero-order chi connectivity index (χ0) is 16.2. The maximum Gasteiger partial charge on any atom is 0.252 e. The van der Waals surface area contributed by atoms with Crippen molar-refractivity contribution < 1.29 is 4.79 Å². The normalized spacial score (nSPS) is 10.9. The lowest BCUT2D eigenvalue weighted by atomic mass is 10.0. The number of benzene rings is 1. The van der Waals surface area contributed by atoms with Crippen molar-refractivity contribution in [3.8, 4) is 10.4 Å². The third-order valence-electron chi connectivity index (χ3n) is 3.81. The molecule has 1 aromatic carbocycles. The van der Waals surface area contributed by atoms with Crippen molar-refractivity contribution in [3.05, 3.63) is 53.0 Å². The first kappa shape index (κ1) is 15.7.